The van der Waals surface area contributed by atoms with Gasteiger partial charge >= 0.3 is 5.69 Å². The van der Waals surface area contributed by atoms with Crippen molar-refractivity contribution in [2.24, 2.45) is 0 Å². The first-order valence-electron chi connectivity index (χ1n) is 6.87. The molecule has 2 N–H and O–H groups in total. The number of anilines is 3. The molecule has 1 heterocycles. The van der Waals surface area contributed by atoms with Crippen molar-refractivity contribution in [2.45, 2.75) is 6.42 Å². The summed E-state index contributed by atoms with van der Waals surface area (Å²) in [6.45, 7) is 1.05. The van der Waals surface area contributed by atoms with Crippen molar-refractivity contribution in [3.8, 4) is 0 Å². The molecule has 0 fully saturated rings. The molecule has 1 aromatic heterocycles. The minimum Gasteiger partial charge on any atom is -0.385 e. The van der Waals surface area contributed by atoms with E-state index in [1.807, 2.05) is 0 Å². The second-order valence-corrected chi connectivity index (χ2v) is 4.96. The zero-order valence-corrected chi connectivity index (χ0v) is 13.2. The number of methoxy groups -OCH3 is 1. The molecule has 9 heteroatoms. The van der Waals surface area contributed by atoms with Gasteiger partial charge in [0.25, 0.3) is 0 Å². The lowest BCUT2D eigenvalue weighted by molar-refractivity contribution is -0.383. The van der Waals surface area contributed by atoms with Gasteiger partial charge in [0.2, 0.25) is 11.6 Å². The summed E-state index contributed by atoms with van der Waals surface area (Å²) >= 11 is 6.06. The highest BCUT2D eigenvalue weighted by Crippen LogP contribution is 2.33. The SMILES string of the molecule is COCCCNc1ncnc(Nc2ccccc2Cl)c1[N+](=O)[O-]. The molecule has 0 bridgehead atoms. The molecule has 0 saturated carbocycles. The Labute approximate surface area is 138 Å². The van der Waals surface area contributed by atoms with Gasteiger partial charge in [0.05, 0.1) is 15.6 Å². The summed E-state index contributed by atoms with van der Waals surface area (Å²) in [5, 5.41) is 17.6. The number of nitro groups is 1. The molecule has 0 aliphatic carbocycles. The van der Waals surface area contributed by atoms with Crippen LogP contribution in [-0.2, 0) is 4.74 Å². The van der Waals surface area contributed by atoms with E-state index in [0.717, 1.165) is 0 Å². The molecule has 0 aliphatic heterocycles. The molecule has 0 amide bonds. The zero-order valence-electron chi connectivity index (χ0n) is 12.5. The van der Waals surface area contributed by atoms with Gasteiger partial charge in [-0.25, -0.2) is 9.97 Å². The van der Waals surface area contributed by atoms with Crippen LogP contribution in [0.2, 0.25) is 5.02 Å². The summed E-state index contributed by atoms with van der Waals surface area (Å²) in [6, 6.07) is 6.93. The first-order valence-corrected chi connectivity index (χ1v) is 7.25. The van der Waals surface area contributed by atoms with Gasteiger partial charge in [-0.1, -0.05) is 23.7 Å². The fraction of sp³-hybridized carbons (Fsp3) is 0.286. The molecule has 0 radical (unpaired) electrons. The number of hydrogen-bond donors (Lipinski definition) is 2. The molecular formula is C14H16ClN5O3. The third kappa shape index (κ3) is 4.51. The van der Waals surface area contributed by atoms with Crippen LogP contribution in [0.3, 0.4) is 0 Å². The average molecular weight is 338 g/mol. The standard InChI is InChI=1S/C14H16ClN5O3/c1-23-8-4-7-16-13-12(20(21)22)14(18-9-17-13)19-11-6-3-2-5-10(11)15/h2-3,5-6,9H,4,7-8H2,1H3,(H2,16,17,18,19). The molecule has 0 spiro atoms. The maximum atomic E-state index is 11.4. The number of para-hydroxylation sites is 1. The molecule has 8 nitrogen and oxygen atoms in total. The normalized spacial score (nSPS) is 10.3. The number of rotatable bonds is 8. The Morgan fingerprint density at radius 2 is 2.04 bits per heavy atom. The van der Waals surface area contributed by atoms with Gasteiger partial charge in [-0.05, 0) is 18.6 Å². The van der Waals surface area contributed by atoms with Gasteiger partial charge in [-0.2, -0.15) is 0 Å². The van der Waals surface area contributed by atoms with Crippen molar-refractivity contribution < 1.29 is 9.66 Å². The predicted molar refractivity (Wildman–Crippen MR) is 88.4 cm³/mol. The van der Waals surface area contributed by atoms with E-state index >= 15 is 0 Å². The van der Waals surface area contributed by atoms with E-state index in [9.17, 15) is 10.1 Å². The highest BCUT2D eigenvalue weighted by atomic mass is 35.5. The molecule has 2 rings (SSSR count). The van der Waals surface area contributed by atoms with Crippen LogP contribution in [0.5, 0.6) is 0 Å². The van der Waals surface area contributed by atoms with Gasteiger partial charge in [-0.15, -0.1) is 0 Å². The number of benzene rings is 1. The highest BCUT2D eigenvalue weighted by molar-refractivity contribution is 6.33. The maximum absolute atomic E-state index is 11.4. The third-order valence-corrected chi connectivity index (χ3v) is 3.28. The smallest absolute Gasteiger partial charge is 0.353 e. The van der Waals surface area contributed by atoms with Crippen LogP contribution in [0, 0.1) is 10.1 Å². The lowest BCUT2D eigenvalue weighted by Gasteiger charge is -2.10. The van der Waals surface area contributed by atoms with Gasteiger partial charge in [-0.3, -0.25) is 10.1 Å². The predicted octanol–water partition coefficient (Wildman–Crippen LogP) is 3.23. The number of nitrogens with zero attached hydrogens (tertiary/aromatic N) is 3. The molecule has 1 aromatic carbocycles. The molecule has 0 atom stereocenters. The lowest BCUT2D eigenvalue weighted by Crippen LogP contribution is -2.10. The Kier molecular flexibility index (Phi) is 6.07. The summed E-state index contributed by atoms with van der Waals surface area (Å²) in [5.74, 6) is 0.225. The number of ether oxygens (including phenoxy) is 1. The second kappa shape index (κ2) is 8.25. The Hall–Kier alpha value is -2.45. The Morgan fingerprint density at radius 1 is 1.30 bits per heavy atom. The summed E-state index contributed by atoms with van der Waals surface area (Å²) < 4.78 is 4.94. The van der Waals surface area contributed by atoms with Crippen LogP contribution in [0.25, 0.3) is 0 Å². The topological polar surface area (TPSA) is 102 Å². The quantitative estimate of drug-likeness (QED) is 0.433. The number of nitrogens with one attached hydrogen (secondary N) is 2. The van der Waals surface area contributed by atoms with Gasteiger partial charge in [0.1, 0.15) is 6.33 Å². The van der Waals surface area contributed by atoms with E-state index in [0.29, 0.717) is 30.3 Å². The fourth-order valence-electron chi connectivity index (χ4n) is 1.89. The van der Waals surface area contributed by atoms with Crippen LogP contribution >= 0.6 is 11.6 Å². The van der Waals surface area contributed by atoms with Crippen molar-refractivity contribution in [1.29, 1.82) is 0 Å². The van der Waals surface area contributed by atoms with Crippen molar-refractivity contribution >= 4 is 34.6 Å². The average Bonchev–Trinajstić information content (AvgIpc) is 2.53. The van der Waals surface area contributed by atoms with Crippen LogP contribution < -0.4 is 10.6 Å². The van der Waals surface area contributed by atoms with Crippen molar-refractivity contribution in [2.75, 3.05) is 30.9 Å². The highest BCUT2D eigenvalue weighted by Gasteiger charge is 2.23. The van der Waals surface area contributed by atoms with E-state index in [4.69, 9.17) is 16.3 Å². The van der Waals surface area contributed by atoms with E-state index in [1.165, 1.54) is 6.33 Å². The lowest BCUT2D eigenvalue weighted by atomic mass is 10.3. The van der Waals surface area contributed by atoms with E-state index in [-0.39, 0.29) is 17.3 Å². The second-order valence-electron chi connectivity index (χ2n) is 4.55. The Morgan fingerprint density at radius 3 is 2.74 bits per heavy atom. The maximum Gasteiger partial charge on any atom is 0.353 e. The molecule has 2 aromatic rings. The molecule has 0 saturated heterocycles. The van der Waals surface area contributed by atoms with Crippen LogP contribution in [0.15, 0.2) is 30.6 Å². The summed E-state index contributed by atoms with van der Waals surface area (Å²) in [4.78, 5) is 18.8. The first kappa shape index (κ1) is 16.9. The van der Waals surface area contributed by atoms with Crippen LogP contribution in [0.1, 0.15) is 6.42 Å². The molecular weight excluding hydrogens is 322 g/mol. The van der Waals surface area contributed by atoms with E-state index in [2.05, 4.69) is 20.6 Å². The van der Waals surface area contributed by atoms with Crippen molar-refractivity contribution in [3.63, 3.8) is 0 Å². The summed E-state index contributed by atoms with van der Waals surface area (Å²) in [6.07, 6.45) is 1.95. The molecule has 23 heavy (non-hydrogen) atoms. The van der Waals surface area contributed by atoms with Crippen molar-refractivity contribution in [3.05, 3.63) is 45.7 Å². The van der Waals surface area contributed by atoms with Gasteiger partial charge in [0.15, 0.2) is 0 Å². The zero-order chi connectivity index (χ0) is 16.7. The first-order chi connectivity index (χ1) is 11.1. The van der Waals surface area contributed by atoms with E-state index in [1.54, 1.807) is 31.4 Å². The molecule has 0 unspecified atom stereocenters. The monoisotopic (exact) mass is 337 g/mol. The molecule has 122 valence electrons. The number of halogens is 1. The van der Waals surface area contributed by atoms with E-state index < -0.39 is 4.92 Å². The summed E-state index contributed by atoms with van der Waals surface area (Å²) in [5.41, 5.74) is 0.297. The van der Waals surface area contributed by atoms with Crippen molar-refractivity contribution in [1.82, 2.24) is 9.97 Å². The minimum atomic E-state index is -0.530. The third-order valence-electron chi connectivity index (χ3n) is 2.95. The van der Waals surface area contributed by atoms with Gasteiger partial charge in [0, 0.05) is 20.3 Å². The Bertz CT molecular complexity index is 683. The largest absolute Gasteiger partial charge is 0.385 e. The van der Waals surface area contributed by atoms with Crippen LogP contribution in [0.4, 0.5) is 23.0 Å². The van der Waals surface area contributed by atoms with Gasteiger partial charge < -0.3 is 15.4 Å². The number of hydrogen-bond acceptors (Lipinski definition) is 7. The summed E-state index contributed by atoms with van der Waals surface area (Å²) in [7, 11) is 1.60. The fourth-order valence-corrected chi connectivity index (χ4v) is 2.07. The Balaban J connectivity index is 2.25. The molecule has 0 aliphatic rings. The minimum absolute atomic E-state index is 0.0762. The van der Waals surface area contributed by atoms with Crippen LogP contribution in [-0.4, -0.2) is 35.2 Å². The number of aromatic nitrogens is 2.